The molecule has 0 radical (unpaired) electrons. The highest BCUT2D eigenvalue weighted by Gasteiger charge is 2.23. The number of nitrogens with one attached hydrogen (secondary N) is 1. The maximum absolute atomic E-state index is 11.7. The van der Waals surface area contributed by atoms with Crippen molar-refractivity contribution >= 4 is 17.7 Å². The summed E-state index contributed by atoms with van der Waals surface area (Å²) in [5.41, 5.74) is 1.84. The number of hydrogen-bond acceptors (Lipinski definition) is 3. The highest BCUT2D eigenvalue weighted by molar-refractivity contribution is 5.89. The molecular weight excluding hydrogens is 256 g/mol. The highest BCUT2D eigenvalue weighted by Crippen LogP contribution is 2.19. The Balaban J connectivity index is 1.92. The van der Waals surface area contributed by atoms with Gasteiger partial charge in [-0.3, -0.25) is 9.69 Å². The number of hydrogen-bond donors (Lipinski definition) is 1. The molecule has 20 heavy (non-hydrogen) atoms. The fraction of sp³-hybridized carbons (Fsp3) is 0.467. The van der Waals surface area contributed by atoms with Crippen molar-refractivity contribution in [2.75, 3.05) is 18.1 Å². The number of carbonyl (C=O) groups is 2. The molecule has 0 unspecified atom stereocenters. The van der Waals surface area contributed by atoms with Crippen molar-refractivity contribution < 1.29 is 14.3 Å². The van der Waals surface area contributed by atoms with E-state index < -0.39 is 0 Å². The Hall–Kier alpha value is -2.04. The molecule has 0 bridgehead atoms. The van der Waals surface area contributed by atoms with Crippen molar-refractivity contribution in [3.05, 3.63) is 29.8 Å². The number of nitrogens with zero attached hydrogens (tertiary/aromatic N) is 1. The molecule has 1 atom stereocenters. The lowest BCUT2D eigenvalue weighted by molar-refractivity contribution is -0.124. The number of rotatable bonds is 5. The first-order valence-electron chi connectivity index (χ1n) is 6.92. The van der Waals surface area contributed by atoms with Gasteiger partial charge in [-0.1, -0.05) is 26.0 Å². The van der Waals surface area contributed by atoms with Crippen LogP contribution in [0.2, 0.25) is 0 Å². The lowest BCUT2D eigenvalue weighted by Crippen LogP contribution is -2.28. The predicted molar refractivity (Wildman–Crippen MR) is 76.4 cm³/mol. The first-order valence-corrected chi connectivity index (χ1v) is 6.92. The average Bonchev–Trinajstić information content (AvgIpc) is 2.90. The zero-order chi connectivity index (χ0) is 14.5. The van der Waals surface area contributed by atoms with E-state index in [1.54, 1.807) is 4.90 Å². The van der Waals surface area contributed by atoms with Crippen LogP contribution < -0.4 is 10.2 Å². The molecule has 0 aromatic heterocycles. The van der Waals surface area contributed by atoms with E-state index >= 15 is 0 Å². The van der Waals surface area contributed by atoms with Crippen molar-refractivity contribution in [1.29, 1.82) is 0 Å². The fourth-order valence-corrected chi connectivity index (χ4v) is 1.97. The summed E-state index contributed by atoms with van der Waals surface area (Å²) in [7, 11) is 0. The van der Waals surface area contributed by atoms with Crippen molar-refractivity contribution in [1.82, 2.24) is 5.32 Å². The molecule has 1 heterocycles. The topological polar surface area (TPSA) is 58.6 Å². The van der Waals surface area contributed by atoms with Gasteiger partial charge in [0.05, 0.1) is 6.54 Å². The molecule has 1 aromatic carbocycles. The smallest absolute Gasteiger partial charge is 0.414 e. The van der Waals surface area contributed by atoms with Crippen LogP contribution in [-0.4, -0.2) is 25.2 Å². The lowest BCUT2D eigenvalue weighted by Gasteiger charge is -2.14. The van der Waals surface area contributed by atoms with E-state index in [1.165, 1.54) is 0 Å². The molecule has 0 spiro atoms. The monoisotopic (exact) mass is 276 g/mol. The minimum absolute atomic E-state index is 0.0358. The molecule has 2 rings (SSSR count). The Morgan fingerprint density at radius 1 is 1.40 bits per heavy atom. The van der Waals surface area contributed by atoms with E-state index in [0.29, 0.717) is 19.7 Å². The third-order valence-corrected chi connectivity index (χ3v) is 3.54. The summed E-state index contributed by atoms with van der Waals surface area (Å²) in [6.45, 7) is 5.44. The Morgan fingerprint density at radius 3 is 2.65 bits per heavy atom. The molecule has 1 N–H and O–H groups in total. The molecule has 0 aliphatic carbocycles. The Labute approximate surface area is 118 Å². The molecule has 1 aliphatic heterocycles. The summed E-state index contributed by atoms with van der Waals surface area (Å²) >= 11 is 0. The van der Waals surface area contributed by atoms with Gasteiger partial charge in [-0.25, -0.2) is 4.79 Å². The summed E-state index contributed by atoms with van der Waals surface area (Å²) < 4.78 is 4.90. The SMILES string of the molecule is CC[C@@H](C)C(=O)NCc1ccc(N2CCOC2=O)cc1. The molecule has 108 valence electrons. The Morgan fingerprint density at radius 2 is 2.10 bits per heavy atom. The third-order valence-electron chi connectivity index (χ3n) is 3.54. The lowest BCUT2D eigenvalue weighted by atomic mass is 10.1. The van der Waals surface area contributed by atoms with E-state index in [4.69, 9.17) is 4.74 Å². The van der Waals surface area contributed by atoms with E-state index in [2.05, 4.69) is 5.32 Å². The summed E-state index contributed by atoms with van der Waals surface area (Å²) in [6, 6.07) is 7.57. The van der Waals surface area contributed by atoms with Crippen LogP contribution >= 0.6 is 0 Å². The van der Waals surface area contributed by atoms with Crippen molar-refractivity contribution in [2.24, 2.45) is 5.92 Å². The first-order chi connectivity index (χ1) is 9.61. The minimum atomic E-state index is -0.303. The summed E-state index contributed by atoms with van der Waals surface area (Å²) in [6.07, 6.45) is 0.532. The van der Waals surface area contributed by atoms with E-state index in [9.17, 15) is 9.59 Å². The van der Waals surface area contributed by atoms with E-state index in [-0.39, 0.29) is 17.9 Å². The van der Waals surface area contributed by atoms with Gasteiger partial charge in [-0.05, 0) is 24.1 Å². The Kier molecular flexibility index (Phi) is 4.61. The van der Waals surface area contributed by atoms with Crippen LogP contribution in [0.1, 0.15) is 25.8 Å². The number of ether oxygens (including phenoxy) is 1. The molecule has 1 saturated heterocycles. The predicted octanol–water partition coefficient (Wildman–Crippen LogP) is 2.31. The van der Waals surface area contributed by atoms with Crippen LogP contribution in [0.15, 0.2) is 24.3 Å². The minimum Gasteiger partial charge on any atom is -0.447 e. The van der Waals surface area contributed by atoms with Crippen LogP contribution in [0, 0.1) is 5.92 Å². The van der Waals surface area contributed by atoms with Gasteiger partial charge in [0.15, 0.2) is 0 Å². The summed E-state index contributed by atoms with van der Waals surface area (Å²) in [5.74, 6) is 0.105. The molecule has 1 aromatic rings. The zero-order valence-corrected chi connectivity index (χ0v) is 11.9. The number of anilines is 1. The normalized spacial score (nSPS) is 15.9. The largest absolute Gasteiger partial charge is 0.447 e. The number of carbonyl (C=O) groups excluding carboxylic acids is 2. The van der Waals surface area contributed by atoms with Crippen molar-refractivity contribution in [3.63, 3.8) is 0 Å². The van der Waals surface area contributed by atoms with Crippen molar-refractivity contribution in [2.45, 2.75) is 26.8 Å². The summed E-state index contributed by atoms with van der Waals surface area (Å²) in [5, 5.41) is 2.90. The van der Waals surface area contributed by atoms with Crippen LogP contribution in [0.4, 0.5) is 10.5 Å². The molecular formula is C15H20N2O3. The number of benzene rings is 1. The van der Waals surface area contributed by atoms with Gasteiger partial charge in [-0.15, -0.1) is 0 Å². The van der Waals surface area contributed by atoms with E-state index in [0.717, 1.165) is 17.7 Å². The van der Waals surface area contributed by atoms with Crippen LogP contribution in [0.25, 0.3) is 0 Å². The molecule has 1 aliphatic rings. The number of amides is 2. The number of cyclic esters (lactones) is 1. The van der Waals surface area contributed by atoms with Crippen LogP contribution in [0.3, 0.4) is 0 Å². The quantitative estimate of drug-likeness (QED) is 0.897. The standard InChI is InChI=1S/C15H20N2O3/c1-3-11(2)14(18)16-10-12-4-6-13(7-5-12)17-8-9-20-15(17)19/h4-7,11H,3,8-10H2,1-2H3,(H,16,18)/t11-/m1/s1. The van der Waals surface area contributed by atoms with Crippen LogP contribution in [0.5, 0.6) is 0 Å². The van der Waals surface area contributed by atoms with Gasteiger partial charge in [0, 0.05) is 18.2 Å². The second-order valence-electron chi connectivity index (χ2n) is 4.96. The third kappa shape index (κ3) is 3.29. The zero-order valence-electron chi connectivity index (χ0n) is 11.9. The molecule has 1 fully saturated rings. The Bertz CT molecular complexity index is 484. The van der Waals surface area contributed by atoms with Crippen LogP contribution in [-0.2, 0) is 16.1 Å². The van der Waals surface area contributed by atoms with Crippen molar-refractivity contribution in [3.8, 4) is 0 Å². The van der Waals surface area contributed by atoms with Gasteiger partial charge in [0.2, 0.25) is 5.91 Å². The van der Waals surface area contributed by atoms with Gasteiger partial charge in [0.1, 0.15) is 6.61 Å². The molecule has 5 nitrogen and oxygen atoms in total. The maximum atomic E-state index is 11.7. The summed E-state index contributed by atoms with van der Waals surface area (Å²) in [4.78, 5) is 24.7. The average molecular weight is 276 g/mol. The maximum Gasteiger partial charge on any atom is 0.414 e. The van der Waals surface area contributed by atoms with E-state index in [1.807, 2.05) is 38.1 Å². The second kappa shape index (κ2) is 6.41. The molecule has 0 saturated carbocycles. The molecule has 5 heteroatoms. The highest BCUT2D eigenvalue weighted by atomic mass is 16.6. The van der Waals surface area contributed by atoms with Gasteiger partial charge in [0.25, 0.3) is 0 Å². The molecule has 2 amide bonds. The van der Waals surface area contributed by atoms with Gasteiger partial charge in [-0.2, -0.15) is 0 Å². The van der Waals surface area contributed by atoms with Gasteiger partial charge >= 0.3 is 6.09 Å². The van der Waals surface area contributed by atoms with Gasteiger partial charge < -0.3 is 10.1 Å². The second-order valence-corrected chi connectivity index (χ2v) is 4.96. The fourth-order valence-electron chi connectivity index (χ4n) is 1.97. The first kappa shape index (κ1) is 14.4.